The van der Waals surface area contributed by atoms with Gasteiger partial charge in [-0.25, -0.2) is 4.98 Å². The van der Waals surface area contributed by atoms with Gasteiger partial charge in [0, 0.05) is 31.4 Å². The van der Waals surface area contributed by atoms with Gasteiger partial charge in [0.2, 0.25) is 0 Å². The van der Waals surface area contributed by atoms with E-state index in [1.165, 1.54) is 29.5 Å². The van der Waals surface area contributed by atoms with Gasteiger partial charge in [-0.2, -0.15) is 5.10 Å². The fourth-order valence-corrected chi connectivity index (χ4v) is 3.83. The minimum atomic E-state index is -0.551. The molecule has 0 spiro atoms. The van der Waals surface area contributed by atoms with Crippen LogP contribution >= 0.6 is 23.6 Å². The van der Waals surface area contributed by atoms with Gasteiger partial charge < -0.3 is 5.32 Å². The Balaban J connectivity index is 1.93. The van der Waals surface area contributed by atoms with Gasteiger partial charge in [-0.05, 0) is 25.2 Å². The summed E-state index contributed by atoms with van der Waals surface area (Å²) in [5.74, 6) is 0.0833. The van der Waals surface area contributed by atoms with E-state index in [-0.39, 0.29) is 11.3 Å². The number of hydrogen-bond acceptors (Lipinski definition) is 8. The third-order valence-corrected chi connectivity index (χ3v) is 5.40. The van der Waals surface area contributed by atoms with Gasteiger partial charge in [0.25, 0.3) is 11.6 Å². The summed E-state index contributed by atoms with van der Waals surface area (Å²) in [7, 11) is 1.63. The Hall–Kier alpha value is -3.38. The number of aryl methyl sites for hydroxylation is 1. The van der Waals surface area contributed by atoms with Crippen LogP contribution in [0.15, 0.2) is 30.9 Å². The van der Waals surface area contributed by atoms with Gasteiger partial charge in [0.1, 0.15) is 0 Å². The number of nitro groups is 1. The number of anilines is 2. The number of nitro benzene ring substituents is 1. The maximum atomic E-state index is 12.7. The first-order valence-electron chi connectivity index (χ1n) is 8.37. The lowest BCUT2D eigenvalue weighted by Crippen LogP contribution is -2.14. The molecule has 12 heteroatoms. The van der Waals surface area contributed by atoms with Gasteiger partial charge in [-0.1, -0.05) is 17.4 Å². The highest BCUT2D eigenvalue weighted by atomic mass is 32.1. The quantitative estimate of drug-likeness (QED) is 0.225. The van der Waals surface area contributed by atoms with Crippen molar-refractivity contribution in [2.45, 2.75) is 13.5 Å². The zero-order valence-corrected chi connectivity index (χ0v) is 17.2. The Labute approximate surface area is 174 Å². The summed E-state index contributed by atoms with van der Waals surface area (Å²) in [5.41, 5.74) is 1.10. The number of benzene rings is 1. The SMILES string of the molecule is C=CCn1c(-c2sc(NC(=O)c3cc([N+](=O)[O-])ccc3NC)nc2C)n[nH]c1=S. The van der Waals surface area contributed by atoms with Crippen molar-refractivity contribution in [1.82, 2.24) is 19.7 Å². The molecule has 1 aromatic carbocycles. The fraction of sp³-hybridized carbons (Fsp3) is 0.176. The molecule has 0 radical (unpaired) electrons. The molecule has 0 unspecified atom stereocenters. The van der Waals surface area contributed by atoms with Crippen molar-refractivity contribution in [3.8, 4) is 10.7 Å². The molecular weight excluding hydrogens is 414 g/mol. The predicted octanol–water partition coefficient (Wildman–Crippen LogP) is 3.76. The molecule has 150 valence electrons. The zero-order chi connectivity index (χ0) is 21.1. The molecule has 1 amide bonds. The number of amides is 1. The van der Waals surface area contributed by atoms with E-state index >= 15 is 0 Å². The second kappa shape index (κ2) is 8.32. The number of aromatic amines is 1. The van der Waals surface area contributed by atoms with Crippen LogP contribution in [-0.4, -0.2) is 37.6 Å². The van der Waals surface area contributed by atoms with Crippen LogP contribution in [0.5, 0.6) is 0 Å². The standard InChI is InChI=1S/C17H17N7O3S2/c1-4-7-23-14(21-22-17(23)28)13-9(2)19-16(29-13)20-15(25)11-8-10(24(26)27)5-6-12(11)18-3/h4-6,8,18H,1,7H2,2-3H3,(H,22,28)(H,19,20,25). The number of nitrogens with one attached hydrogen (secondary N) is 3. The molecule has 0 saturated heterocycles. The van der Waals surface area contributed by atoms with Crippen molar-refractivity contribution in [3.05, 3.63) is 57.0 Å². The molecule has 3 rings (SSSR count). The second-order valence-electron chi connectivity index (χ2n) is 5.88. The number of carbonyl (C=O) groups excluding carboxylic acids is 1. The summed E-state index contributed by atoms with van der Waals surface area (Å²) in [6, 6.07) is 4.03. The van der Waals surface area contributed by atoms with E-state index in [9.17, 15) is 14.9 Å². The van der Waals surface area contributed by atoms with E-state index in [2.05, 4.69) is 32.4 Å². The number of thiazole rings is 1. The largest absolute Gasteiger partial charge is 0.387 e. The van der Waals surface area contributed by atoms with Crippen molar-refractivity contribution in [2.75, 3.05) is 17.7 Å². The Morgan fingerprint density at radius 3 is 2.93 bits per heavy atom. The summed E-state index contributed by atoms with van der Waals surface area (Å²) < 4.78 is 2.22. The number of allylic oxidation sites excluding steroid dienone is 1. The Morgan fingerprint density at radius 1 is 1.52 bits per heavy atom. The number of H-pyrrole nitrogens is 1. The molecule has 2 heterocycles. The average Bonchev–Trinajstić information content (AvgIpc) is 3.23. The number of nitrogens with zero attached hydrogens (tertiary/aromatic N) is 4. The van der Waals surface area contributed by atoms with E-state index in [0.717, 1.165) is 4.88 Å². The topological polar surface area (TPSA) is 131 Å². The number of aromatic nitrogens is 4. The molecule has 3 N–H and O–H groups in total. The third-order valence-electron chi connectivity index (χ3n) is 4.02. The lowest BCUT2D eigenvalue weighted by Gasteiger charge is -2.08. The maximum absolute atomic E-state index is 12.7. The lowest BCUT2D eigenvalue weighted by molar-refractivity contribution is -0.384. The molecule has 29 heavy (non-hydrogen) atoms. The number of hydrogen-bond donors (Lipinski definition) is 3. The highest BCUT2D eigenvalue weighted by molar-refractivity contribution is 7.71. The zero-order valence-electron chi connectivity index (χ0n) is 15.6. The van der Waals surface area contributed by atoms with E-state index in [1.54, 1.807) is 24.6 Å². The average molecular weight is 432 g/mol. The van der Waals surface area contributed by atoms with Gasteiger partial charge in [-0.3, -0.25) is 29.9 Å². The highest BCUT2D eigenvalue weighted by Crippen LogP contribution is 2.32. The Morgan fingerprint density at radius 2 is 2.28 bits per heavy atom. The number of carbonyl (C=O) groups is 1. The smallest absolute Gasteiger partial charge is 0.270 e. The minimum absolute atomic E-state index is 0.144. The number of rotatable bonds is 7. The first-order chi connectivity index (χ1) is 13.8. The first-order valence-corrected chi connectivity index (χ1v) is 9.59. The van der Waals surface area contributed by atoms with Crippen LogP contribution in [0.2, 0.25) is 0 Å². The summed E-state index contributed by atoms with van der Waals surface area (Å²) in [5, 5.41) is 23.9. The molecule has 0 fully saturated rings. The van der Waals surface area contributed by atoms with Crippen molar-refractivity contribution in [1.29, 1.82) is 0 Å². The molecule has 0 aliphatic carbocycles. The highest BCUT2D eigenvalue weighted by Gasteiger charge is 2.20. The summed E-state index contributed by atoms with van der Waals surface area (Å²) in [4.78, 5) is 28.3. The molecule has 0 aliphatic heterocycles. The molecular formula is C17H17N7O3S2. The lowest BCUT2D eigenvalue weighted by atomic mass is 10.1. The van der Waals surface area contributed by atoms with Crippen LogP contribution < -0.4 is 10.6 Å². The molecule has 0 aliphatic rings. The van der Waals surface area contributed by atoms with Crippen LogP contribution in [-0.2, 0) is 6.54 Å². The normalized spacial score (nSPS) is 10.6. The van der Waals surface area contributed by atoms with E-state index in [1.807, 2.05) is 0 Å². The molecule has 0 saturated carbocycles. The second-order valence-corrected chi connectivity index (χ2v) is 7.26. The van der Waals surface area contributed by atoms with Crippen LogP contribution in [0, 0.1) is 21.8 Å². The summed E-state index contributed by atoms with van der Waals surface area (Å²) >= 11 is 6.46. The Kier molecular flexibility index (Phi) is 5.84. The first kappa shape index (κ1) is 20.4. The Bertz CT molecular complexity index is 1160. The maximum Gasteiger partial charge on any atom is 0.270 e. The van der Waals surface area contributed by atoms with Gasteiger partial charge >= 0.3 is 0 Å². The number of non-ortho nitro benzene ring substituents is 1. The van der Waals surface area contributed by atoms with Crippen LogP contribution in [0.25, 0.3) is 10.7 Å². The van der Waals surface area contributed by atoms with Crippen molar-refractivity contribution < 1.29 is 9.72 Å². The summed E-state index contributed by atoms with van der Waals surface area (Å²) in [6.45, 7) is 5.99. The van der Waals surface area contributed by atoms with E-state index < -0.39 is 10.8 Å². The van der Waals surface area contributed by atoms with Gasteiger partial charge in [0.15, 0.2) is 15.7 Å². The monoisotopic (exact) mass is 431 g/mol. The van der Waals surface area contributed by atoms with Crippen molar-refractivity contribution in [3.63, 3.8) is 0 Å². The van der Waals surface area contributed by atoms with Crippen molar-refractivity contribution in [2.24, 2.45) is 0 Å². The van der Waals surface area contributed by atoms with E-state index in [0.29, 0.717) is 33.7 Å². The van der Waals surface area contributed by atoms with Crippen LogP contribution in [0.1, 0.15) is 16.1 Å². The van der Waals surface area contributed by atoms with Gasteiger partial charge in [-0.15, -0.1) is 6.58 Å². The predicted molar refractivity (Wildman–Crippen MR) is 114 cm³/mol. The molecule has 2 aromatic heterocycles. The molecule has 0 bridgehead atoms. The van der Waals surface area contributed by atoms with Crippen LogP contribution in [0.3, 0.4) is 0 Å². The third kappa shape index (κ3) is 4.07. The van der Waals surface area contributed by atoms with Crippen LogP contribution in [0.4, 0.5) is 16.5 Å². The fourth-order valence-electron chi connectivity index (χ4n) is 2.66. The van der Waals surface area contributed by atoms with Gasteiger partial charge in [0.05, 0.1) is 21.1 Å². The minimum Gasteiger partial charge on any atom is -0.387 e. The molecule has 3 aromatic rings. The van der Waals surface area contributed by atoms with Crippen molar-refractivity contribution >= 4 is 46.0 Å². The summed E-state index contributed by atoms with van der Waals surface area (Å²) in [6.07, 6.45) is 1.70. The molecule has 0 atom stereocenters. The van der Waals surface area contributed by atoms with E-state index in [4.69, 9.17) is 12.2 Å². The molecule has 10 nitrogen and oxygen atoms in total.